The Bertz CT molecular complexity index is 964. The van der Waals surface area contributed by atoms with Crippen LogP contribution in [0.5, 0.6) is 0 Å². The number of anilines is 1. The fraction of sp³-hybridized carbons (Fsp3) is 0.429. The second-order valence-corrected chi connectivity index (χ2v) is 9.66. The standard InChI is InChI=1S/C14H21N5O5S2/c1-25(21,22)10-3-2-9(11(13(15)16)12(10)26(18,23)24)19-6-4-8(5-7-19)14(17)20/h2-3,8H,4-7H2,1H3,(H3,15,16)(H2,17,20)(H2,18,23,24). The van der Waals surface area contributed by atoms with Crippen LogP contribution in [-0.4, -0.2) is 47.9 Å². The van der Waals surface area contributed by atoms with E-state index in [-0.39, 0.29) is 17.2 Å². The molecule has 0 saturated carbocycles. The predicted octanol–water partition coefficient (Wildman–Crippen LogP) is -1.28. The third-order valence-corrected chi connectivity index (χ3v) is 6.55. The number of hydrogen-bond acceptors (Lipinski definition) is 7. The first kappa shape index (κ1) is 20.1. The number of carbonyl (C=O) groups excluding carboxylic acids is 1. The molecule has 10 nitrogen and oxygen atoms in total. The predicted molar refractivity (Wildman–Crippen MR) is 96.1 cm³/mol. The third-order valence-electron chi connectivity index (χ3n) is 4.29. The van der Waals surface area contributed by atoms with Crippen LogP contribution in [0.3, 0.4) is 0 Å². The number of rotatable bonds is 5. The number of primary amides is 1. The smallest absolute Gasteiger partial charge is 0.240 e. The number of sulfone groups is 1. The minimum absolute atomic E-state index is 0.257. The highest BCUT2D eigenvalue weighted by Crippen LogP contribution is 2.34. The molecule has 0 bridgehead atoms. The van der Waals surface area contributed by atoms with Gasteiger partial charge in [-0.1, -0.05) is 0 Å². The monoisotopic (exact) mass is 403 g/mol. The third kappa shape index (κ3) is 3.97. The number of hydrogen-bond donors (Lipinski definition) is 4. The van der Waals surface area contributed by atoms with E-state index in [1.807, 2.05) is 0 Å². The molecule has 2 rings (SSSR count). The van der Waals surface area contributed by atoms with Gasteiger partial charge in [-0.3, -0.25) is 10.2 Å². The maximum atomic E-state index is 12.1. The lowest BCUT2D eigenvalue weighted by Crippen LogP contribution is -2.40. The molecule has 1 heterocycles. The Morgan fingerprint density at radius 2 is 1.69 bits per heavy atom. The van der Waals surface area contributed by atoms with Crippen LogP contribution < -0.4 is 21.5 Å². The molecule has 1 aliphatic rings. The van der Waals surface area contributed by atoms with Crippen molar-refractivity contribution in [2.75, 3.05) is 24.2 Å². The molecule has 0 unspecified atom stereocenters. The number of nitrogens with one attached hydrogen (secondary N) is 1. The molecule has 1 aromatic rings. The van der Waals surface area contributed by atoms with Crippen molar-refractivity contribution in [3.8, 4) is 0 Å². The Kier molecular flexibility index (Phi) is 5.31. The summed E-state index contributed by atoms with van der Waals surface area (Å²) in [6, 6.07) is 2.53. The highest BCUT2D eigenvalue weighted by atomic mass is 32.2. The lowest BCUT2D eigenvalue weighted by molar-refractivity contribution is -0.122. The maximum absolute atomic E-state index is 12.1. The van der Waals surface area contributed by atoms with Gasteiger partial charge in [-0.15, -0.1) is 0 Å². The summed E-state index contributed by atoms with van der Waals surface area (Å²) in [6.07, 6.45) is 1.75. The number of nitrogen functional groups attached to an aromatic ring is 1. The lowest BCUT2D eigenvalue weighted by atomic mass is 9.95. The molecule has 7 N–H and O–H groups in total. The van der Waals surface area contributed by atoms with Gasteiger partial charge in [0.25, 0.3) is 0 Å². The lowest BCUT2D eigenvalue weighted by Gasteiger charge is -2.34. The molecular formula is C14H21N5O5S2. The highest BCUT2D eigenvalue weighted by molar-refractivity contribution is 7.93. The largest absolute Gasteiger partial charge is 0.384 e. The molecule has 0 aliphatic carbocycles. The molecule has 12 heteroatoms. The van der Waals surface area contributed by atoms with E-state index in [2.05, 4.69) is 0 Å². The summed E-state index contributed by atoms with van der Waals surface area (Å²) in [5.41, 5.74) is 10.9. The van der Waals surface area contributed by atoms with E-state index < -0.39 is 41.4 Å². The normalized spacial score (nSPS) is 16.5. The van der Waals surface area contributed by atoms with Crippen molar-refractivity contribution in [1.29, 1.82) is 5.41 Å². The van der Waals surface area contributed by atoms with Gasteiger partial charge in [-0.2, -0.15) is 0 Å². The first-order valence-corrected chi connectivity index (χ1v) is 11.1. The van der Waals surface area contributed by atoms with Crippen molar-refractivity contribution in [2.45, 2.75) is 22.6 Å². The zero-order chi connectivity index (χ0) is 19.9. The minimum atomic E-state index is -4.48. The number of sulfonamides is 1. The average Bonchev–Trinajstić information content (AvgIpc) is 2.51. The fourth-order valence-electron chi connectivity index (χ4n) is 3.06. The van der Waals surface area contributed by atoms with Crippen LogP contribution in [0.4, 0.5) is 5.69 Å². The second-order valence-electron chi connectivity index (χ2n) is 6.18. The van der Waals surface area contributed by atoms with Crippen molar-refractivity contribution >= 4 is 37.3 Å². The van der Waals surface area contributed by atoms with Gasteiger partial charge in [0.2, 0.25) is 15.9 Å². The van der Waals surface area contributed by atoms with Crippen LogP contribution in [-0.2, 0) is 24.7 Å². The number of benzene rings is 1. The van der Waals surface area contributed by atoms with Crippen LogP contribution in [0.15, 0.2) is 21.9 Å². The van der Waals surface area contributed by atoms with E-state index in [4.69, 9.17) is 22.0 Å². The molecule has 144 valence electrons. The topological polar surface area (TPSA) is 190 Å². The number of nitrogens with zero attached hydrogens (tertiary/aromatic N) is 1. The molecule has 1 aliphatic heterocycles. The first-order valence-electron chi connectivity index (χ1n) is 7.62. The highest BCUT2D eigenvalue weighted by Gasteiger charge is 2.31. The average molecular weight is 403 g/mol. The molecular weight excluding hydrogens is 382 g/mol. The van der Waals surface area contributed by atoms with Crippen LogP contribution in [0, 0.1) is 11.3 Å². The van der Waals surface area contributed by atoms with Gasteiger partial charge in [-0.05, 0) is 25.0 Å². The van der Waals surface area contributed by atoms with Gasteiger partial charge >= 0.3 is 0 Å². The van der Waals surface area contributed by atoms with Crippen LogP contribution in [0.25, 0.3) is 0 Å². The molecule has 1 saturated heterocycles. The zero-order valence-corrected chi connectivity index (χ0v) is 15.7. The van der Waals surface area contributed by atoms with Crippen molar-refractivity contribution < 1.29 is 21.6 Å². The quantitative estimate of drug-likeness (QED) is 0.347. The Morgan fingerprint density at radius 1 is 1.15 bits per heavy atom. The Hall–Kier alpha value is -2.18. The molecule has 1 aromatic carbocycles. The van der Waals surface area contributed by atoms with Gasteiger partial charge in [0.1, 0.15) is 10.7 Å². The molecule has 0 atom stereocenters. The van der Waals surface area contributed by atoms with E-state index in [1.54, 1.807) is 4.90 Å². The number of piperidine rings is 1. The van der Waals surface area contributed by atoms with E-state index in [0.29, 0.717) is 25.9 Å². The van der Waals surface area contributed by atoms with Crippen molar-refractivity contribution in [2.24, 2.45) is 22.5 Å². The van der Waals surface area contributed by atoms with E-state index in [1.165, 1.54) is 6.07 Å². The molecule has 1 amide bonds. The van der Waals surface area contributed by atoms with Gasteiger partial charge < -0.3 is 16.4 Å². The van der Waals surface area contributed by atoms with E-state index in [9.17, 15) is 21.6 Å². The Balaban J connectivity index is 2.66. The maximum Gasteiger partial charge on any atom is 0.240 e. The summed E-state index contributed by atoms with van der Waals surface area (Å²) in [5, 5.41) is 13.0. The number of amides is 1. The van der Waals surface area contributed by atoms with Crippen molar-refractivity contribution in [3.05, 3.63) is 17.7 Å². The molecule has 1 fully saturated rings. The summed E-state index contributed by atoms with van der Waals surface area (Å²) in [5.74, 6) is -1.32. The molecule has 0 aromatic heterocycles. The van der Waals surface area contributed by atoms with E-state index >= 15 is 0 Å². The van der Waals surface area contributed by atoms with Crippen molar-refractivity contribution in [3.63, 3.8) is 0 Å². The number of primary sulfonamides is 1. The van der Waals surface area contributed by atoms with Gasteiger partial charge in [0.05, 0.1) is 10.5 Å². The summed E-state index contributed by atoms with van der Waals surface area (Å²) in [4.78, 5) is 11.8. The zero-order valence-electron chi connectivity index (χ0n) is 14.1. The SMILES string of the molecule is CS(=O)(=O)c1ccc(N2CCC(C(N)=O)CC2)c(C(=N)N)c1S(N)(=O)=O. The van der Waals surface area contributed by atoms with Gasteiger partial charge in [0, 0.05) is 31.0 Å². The summed E-state index contributed by atoms with van der Waals surface area (Å²) >= 11 is 0. The summed E-state index contributed by atoms with van der Waals surface area (Å²) < 4.78 is 48.1. The van der Waals surface area contributed by atoms with Crippen LogP contribution in [0.1, 0.15) is 18.4 Å². The van der Waals surface area contributed by atoms with Crippen LogP contribution in [0.2, 0.25) is 0 Å². The van der Waals surface area contributed by atoms with E-state index in [0.717, 1.165) is 12.3 Å². The fourth-order valence-corrected chi connectivity index (χ4v) is 5.46. The van der Waals surface area contributed by atoms with Crippen molar-refractivity contribution in [1.82, 2.24) is 0 Å². The number of amidine groups is 1. The number of carbonyl (C=O) groups is 1. The Labute approximate surface area is 151 Å². The first-order chi connectivity index (χ1) is 11.8. The Morgan fingerprint density at radius 3 is 2.08 bits per heavy atom. The van der Waals surface area contributed by atoms with Gasteiger partial charge in [0.15, 0.2) is 9.84 Å². The number of nitrogens with two attached hydrogens (primary N) is 3. The van der Waals surface area contributed by atoms with Gasteiger partial charge in [-0.25, -0.2) is 22.0 Å². The summed E-state index contributed by atoms with van der Waals surface area (Å²) in [7, 11) is -8.41. The minimum Gasteiger partial charge on any atom is -0.384 e. The molecule has 26 heavy (non-hydrogen) atoms. The second kappa shape index (κ2) is 6.85. The summed E-state index contributed by atoms with van der Waals surface area (Å²) in [6.45, 7) is 0.742. The molecule has 0 radical (unpaired) electrons. The molecule has 0 spiro atoms. The van der Waals surface area contributed by atoms with Crippen LogP contribution >= 0.6 is 0 Å².